The largest absolute Gasteiger partial charge is 0.297 e. The summed E-state index contributed by atoms with van der Waals surface area (Å²) in [6.07, 6.45) is 0. The summed E-state index contributed by atoms with van der Waals surface area (Å²) >= 11 is 0. The van der Waals surface area contributed by atoms with Crippen LogP contribution in [0.4, 0.5) is 0 Å². The molecule has 0 spiro atoms. The van der Waals surface area contributed by atoms with E-state index in [1.165, 1.54) is 10.5 Å². The predicted molar refractivity (Wildman–Crippen MR) is 95.1 cm³/mol. The van der Waals surface area contributed by atoms with Crippen molar-refractivity contribution in [3.8, 4) is 0 Å². The van der Waals surface area contributed by atoms with E-state index in [2.05, 4.69) is 34.1 Å². The molecule has 2 aromatic carbocycles. The van der Waals surface area contributed by atoms with Crippen LogP contribution in [0.2, 0.25) is 0 Å². The maximum absolute atomic E-state index is 12.5. The molecule has 2 aliphatic rings. The van der Waals surface area contributed by atoms with Crippen molar-refractivity contribution in [1.82, 2.24) is 14.7 Å². The van der Waals surface area contributed by atoms with Gasteiger partial charge in [0.15, 0.2) is 0 Å². The van der Waals surface area contributed by atoms with Crippen molar-refractivity contribution in [2.75, 3.05) is 32.8 Å². The molecular formula is C20H21N3O2. The normalized spacial score (nSPS) is 18.6. The molecule has 0 atom stereocenters. The number of benzene rings is 2. The summed E-state index contributed by atoms with van der Waals surface area (Å²) in [5.41, 5.74) is 2.36. The predicted octanol–water partition coefficient (Wildman–Crippen LogP) is 2.06. The van der Waals surface area contributed by atoms with Crippen molar-refractivity contribution in [1.29, 1.82) is 0 Å². The number of hydrogen-bond acceptors (Lipinski definition) is 4. The smallest absolute Gasteiger partial charge is 0.262 e. The molecule has 2 amide bonds. The second-order valence-electron chi connectivity index (χ2n) is 6.61. The number of carbonyl (C=O) groups is 2. The molecule has 0 bridgehead atoms. The molecule has 0 aliphatic carbocycles. The van der Waals surface area contributed by atoms with E-state index in [9.17, 15) is 9.59 Å². The quantitative estimate of drug-likeness (QED) is 0.802. The van der Waals surface area contributed by atoms with Gasteiger partial charge in [0.05, 0.1) is 17.8 Å². The lowest BCUT2D eigenvalue weighted by molar-refractivity contribution is 0.0447. The lowest BCUT2D eigenvalue weighted by atomic mass is 10.1. The summed E-state index contributed by atoms with van der Waals surface area (Å²) in [6, 6.07) is 17.5. The van der Waals surface area contributed by atoms with Crippen LogP contribution in [-0.4, -0.2) is 59.4 Å². The van der Waals surface area contributed by atoms with E-state index >= 15 is 0 Å². The van der Waals surface area contributed by atoms with Crippen LogP contribution >= 0.6 is 0 Å². The fourth-order valence-electron chi connectivity index (χ4n) is 3.50. The van der Waals surface area contributed by atoms with Crippen molar-refractivity contribution in [3.05, 3.63) is 71.3 Å². The van der Waals surface area contributed by atoms with Gasteiger partial charge in [-0.25, -0.2) is 0 Å². The summed E-state index contributed by atoms with van der Waals surface area (Å²) in [7, 11) is 0. The Labute approximate surface area is 147 Å². The molecule has 0 radical (unpaired) electrons. The van der Waals surface area contributed by atoms with Crippen LogP contribution in [0.15, 0.2) is 54.6 Å². The highest BCUT2D eigenvalue weighted by Crippen LogP contribution is 2.23. The lowest BCUT2D eigenvalue weighted by Gasteiger charge is -2.36. The first-order valence-corrected chi connectivity index (χ1v) is 8.66. The second-order valence-corrected chi connectivity index (χ2v) is 6.61. The number of amides is 2. The van der Waals surface area contributed by atoms with Gasteiger partial charge >= 0.3 is 0 Å². The van der Waals surface area contributed by atoms with E-state index in [-0.39, 0.29) is 11.8 Å². The van der Waals surface area contributed by atoms with Crippen LogP contribution in [0.5, 0.6) is 0 Å². The first-order chi connectivity index (χ1) is 12.2. The molecule has 0 unspecified atom stereocenters. The van der Waals surface area contributed by atoms with Gasteiger partial charge in [-0.05, 0) is 17.7 Å². The number of piperazine rings is 1. The monoisotopic (exact) mass is 335 g/mol. The van der Waals surface area contributed by atoms with Gasteiger partial charge in [0, 0.05) is 32.7 Å². The molecule has 2 heterocycles. The molecule has 5 nitrogen and oxygen atoms in total. The average Bonchev–Trinajstić information content (AvgIpc) is 2.89. The summed E-state index contributed by atoms with van der Waals surface area (Å²) in [5, 5.41) is 0. The Morgan fingerprint density at radius 1 is 0.680 bits per heavy atom. The van der Waals surface area contributed by atoms with E-state index < -0.39 is 0 Å². The minimum absolute atomic E-state index is 0.174. The van der Waals surface area contributed by atoms with Crippen LogP contribution in [0.1, 0.15) is 26.3 Å². The molecular weight excluding hydrogens is 314 g/mol. The Hall–Kier alpha value is -2.50. The van der Waals surface area contributed by atoms with Gasteiger partial charge in [-0.3, -0.25) is 24.3 Å². The highest BCUT2D eigenvalue weighted by molar-refractivity contribution is 6.21. The minimum atomic E-state index is -0.174. The summed E-state index contributed by atoms with van der Waals surface area (Å²) in [6.45, 7) is 4.93. The standard InChI is InChI=1S/C20H21N3O2/c24-19-17-8-4-5-9-18(17)20(25)23(19)15-22-12-10-21(11-13-22)14-16-6-2-1-3-7-16/h1-9H,10-15H2. The van der Waals surface area contributed by atoms with Crippen molar-refractivity contribution in [2.45, 2.75) is 6.54 Å². The zero-order valence-corrected chi connectivity index (χ0v) is 14.1. The topological polar surface area (TPSA) is 43.9 Å². The van der Waals surface area contributed by atoms with Crippen molar-refractivity contribution < 1.29 is 9.59 Å². The number of nitrogens with zero attached hydrogens (tertiary/aromatic N) is 3. The molecule has 2 aliphatic heterocycles. The molecule has 0 aromatic heterocycles. The number of rotatable bonds is 4. The van der Waals surface area contributed by atoms with Gasteiger partial charge in [-0.1, -0.05) is 42.5 Å². The Kier molecular flexibility index (Phi) is 4.34. The van der Waals surface area contributed by atoms with Crippen LogP contribution < -0.4 is 0 Å². The Bertz CT molecular complexity index is 748. The molecule has 1 saturated heterocycles. The first kappa shape index (κ1) is 16.0. The SMILES string of the molecule is O=C1c2ccccc2C(=O)N1CN1CCN(Cc2ccccc2)CC1. The van der Waals surface area contributed by atoms with Crippen LogP contribution in [0, 0.1) is 0 Å². The minimum Gasteiger partial charge on any atom is -0.297 e. The summed E-state index contributed by atoms with van der Waals surface area (Å²) in [4.78, 5) is 30.9. The zero-order chi connectivity index (χ0) is 17.2. The molecule has 5 heteroatoms. The van der Waals surface area contributed by atoms with Crippen LogP contribution in [0.3, 0.4) is 0 Å². The molecule has 1 fully saturated rings. The van der Waals surface area contributed by atoms with Gasteiger partial charge in [0.25, 0.3) is 11.8 Å². The van der Waals surface area contributed by atoms with Crippen molar-refractivity contribution in [2.24, 2.45) is 0 Å². The average molecular weight is 335 g/mol. The summed E-state index contributed by atoms with van der Waals surface area (Å²) in [5.74, 6) is -0.348. The maximum atomic E-state index is 12.5. The van der Waals surface area contributed by atoms with Gasteiger partial charge in [-0.15, -0.1) is 0 Å². The van der Waals surface area contributed by atoms with Gasteiger partial charge < -0.3 is 0 Å². The first-order valence-electron chi connectivity index (χ1n) is 8.66. The molecule has 2 aromatic rings. The van der Waals surface area contributed by atoms with E-state index in [1.807, 2.05) is 6.07 Å². The highest BCUT2D eigenvalue weighted by atomic mass is 16.2. The van der Waals surface area contributed by atoms with Crippen LogP contribution in [-0.2, 0) is 6.54 Å². The number of imide groups is 1. The van der Waals surface area contributed by atoms with Gasteiger partial charge in [0.2, 0.25) is 0 Å². The third kappa shape index (κ3) is 3.21. The lowest BCUT2D eigenvalue weighted by Crippen LogP contribution is -2.50. The Morgan fingerprint density at radius 2 is 1.20 bits per heavy atom. The zero-order valence-electron chi connectivity index (χ0n) is 14.1. The third-order valence-electron chi connectivity index (χ3n) is 4.93. The fourth-order valence-corrected chi connectivity index (χ4v) is 3.50. The number of fused-ring (bicyclic) bond motifs is 1. The van der Waals surface area contributed by atoms with E-state index in [4.69, 9.17) is 0 Å². The maximum Gasteiger partial charge on any atom is 0.262 e. The van der Waals surface area contributed by atoms with Crippen molar-refractivity contribution >= 4 is 11.8 Å². The highest BCUT2D eigenvalue weighted by Gasteiger charge is 2.36. The number of hydrogen-bond donors (Lipinski definition) is 0. The molecule has 128 valence electrons. The van der Waals surface area contributed by atoms with Gasteiger partial charge in [-0.2, -0.15) is 0 Å². The third-order valence-corrected chi connectivity index (χ3v) is 4.93. The fraction of sp³-hybridized carbons (Fsp3) is 0.300. The van der Waals surface area contributed by atoms with E-state index in [0.29, 0.717) is 17.8 Å². The second kappa shape index (κ2) is 6.78. The molecule has 0 N–H and O–H groups in total. The van der Waals surface area contributed by atoms with Crippen molar-refractivity contribution in [3.63, 3.8) is 0 Å². The summed E-state index contributed by atoms with van der Waals surface area (Å²) < 4.78 is 0. The molecule has 4 rings (SSSR count). The molecule has 0 saturated carbocycles. The Morgan fingerprint density at radius 3 is 1.80 bits per heavy atom. The number of carbonyl (C=O) groups excluding carboxylic acids is 2. The van der Waals surface area contributed by atoms with Crippen LogP contribution in [0.25, 0.3) is 0 Å². The Balaban J connectivity index is 1.34. The molecule has 25 heavy (non-hydrogen) atoms. The van der Waals surface area contributed by atoms with E-state index in [0.717, 1.165) is 32.7 Å². The van der Waals surface area contributed by atoms with E-state index in [1.54, 1.807) is 24.3 Å². The van der Waals surface area contributed by atoms with Gasteiger partial charge in [0.1, 0.15) is 0 Å².